The summed E-state index contributed by atoms with van der Waals surface area (Å²) in [5.74, 6) is -3.49. The standard InChI is InChI=1S/C26H27F3N4O2/c1-22(27,28)20-31-19(32-35-20)24-9-6-23(7-10-24,8-11-24)16-33(18-5-3-4-17(12-18)30-2)21(34)25-13-26(29,14-25)15-25/h3-5,12H,6-11,13-16H2,1H3. The molecule has 6 aliphatic carbocycles. The van der Waals surface area contributed by atoms with E-state index in [1.54, 1.807) is 23.1 Å². The van der Waals surface area contributed by atoms with Crippen LogP contribution in [-0.4, -0.2) is 28.3 Å². The molecule has 35 heavy (non-hydrogen) atoms. The molecule has 6 aliphatic rings. The third-order valence-corrected chi connectivity index (χ3v) is 9.11. The number of hydrogen-bond donors (Lipinski definition) is 0. The van der Waals surface area contributed by atoms with Gasteiger partial charge in [0, 0.05) is 24.6 Å². The number of halogens is 3. The molecule has 8 rings (SSSR count). The zero-order valence-corrected chi connectivity index (χ0v) is 19.6. The van der Waals surface area contributed by atoms with Gasteiger partial charge in [-0.1, -0.05) is 17.3 Å². The summed E-state index contributed by atoms with van der Waals surface area (Å²) in [4.78, 5) is 23.1. The first kappa shape index (κ1) is 22.6. The molecule has 0 radical (unpaired) electrons. The molecule has 0 atom stereocenters. The number of nitrogens with zero attached hydrogens (tertiary/aromatic N) is 4. The highest BCUT2D eigenvalue weighted by Gasteiger charge is 2.73. The highest BCUT2D eigenvalue weighted by Crippen LogP contribution is 2.70. The van der Waals surface area contributed by atoms with Crippen molar-refractivity contribution in [3.8, 4) is 0 Å². The van der Waals surface area contributed by atoms with Gasteiger partial charge in [0.1, 0.15) is 5.67 Å². The van der Waals surface area contributed by atoms with E-state index in [1.165, 1.54) is 0 Å². The summed E-state index contributed by atoms with van der Waals surface area (Å²) in [6.45, 7) is 8.63. The van der Waals surface area contributed by atoms with Crippen molar-refractivity contribution >= 4 is 17.3 Å². The SMILES string of the molecule is [C-]#[N+]c1cccc(N(CC23CCC(c4noc(C(C)(F)F)n4)(CC2)CC3)C(=O)C23CC(F)(C2)C3)c1. The Morgan fingerprint density at radius 1 is 1.17 bits per heavy atom. The Balaban J connectivity index is 1.24. The maximum absolute atomic E-state index is 14.3. The van der Waals surface area contributed by atoms with Crippen molar-refractivity contribution in [1.29, 1.82) is 0 Å². The van der Waals surface area contributed by atoms with E-state index in [0.29, 0.717) is 23.7 Å². The fourth-order valence-corrected chi connectivity index (χ4v) is 6.98. The van der Waals surface area contributed by atoms with Crippen LogP contribution in [0.25, 0.3) is 4.85 Å². The average molecular weight is 485 g/mol. The topological polar surface area (TPSA) is 63.6 Å². The van der Waals surface area contributed by atoms with Crippen molar-refractivity contribution in [2.75, 3.05) is 11.4 Å². The highest BCUT2D eigenvalue weighted by molar-refractivity contribution is 6.00. The van der Waals surface area contributed by atoms with Gasteiger partial charge in [-0.3, -0.25) is 4.79 Å². The van der Waals surface area contributed by atoms with Crippen molar-refractivity contribution < 1.29 is 22.5 Å². The van der Waals surface area contributed by atoms with Crippen LogP contribution in [0, 0.1) is 17.4 Å². The summed E-state index contributed by atoms with van der Waals surface area (Å²) in [6.07, 6.45) is 5.52. The van der Waals surface area contributed by atoms with Gasteiger partial charge >= 0.3 is 5.92 Å². The summed E-state index contributed by atoms with van der Waals surface area (Å²) in [5.41, 5.74) is -1.13. The molecule has 0 spiro atoms. The molecule has 1 aromatic heterocycles. The Morgan fingerprint density at radius 3 is 2.37 bits per heavy atom. The van der Waals surface area contributed by atoms with Crippen LogP contribution >= 0.6 is 0 Å². The number of alkyl halides is 3. The van der Waals surface area contributed by atoms with Gasteiger partial charge in [-0.2, -0.15) is 13.8 Å². The van der Waals surface area contributed by atoms with Crippen LogP contribution in [0.3, 0.4) is 0 Å². The van der Waals surface area contributed by atoms with E-state index in [0.717, 1.165) is 45.4 Å². The van der Waals surface area contributed by atoms with E-state index in [1.807, 2.05) is 6.07 Å². The molecule has 1 heterocycles. The van der Waals surface area contributed by atoms with E-state index in [4.69, 9.17) is 11.1 Å². The number of carbonyl (C=O) groups is 1. The van der Waals surface area contributed by atoms with Crippen molar-refractivity contribution in [3.05, 3.63) is 47.4 Å². The molecular formula is C26H27F3N4O2. The van der Waals surface area contributed by atoms with Crippen LogP contribution in [0.1, 0.15) is 76.4 Å². The van der Waals surface area contributed by atoms with E-state index >= 15 is 0 Å². The van der Waals surface area contributed by atoms with Crippen molar-refractivity contribution in [2.24, 2.45) is 10.8 Å². The molecule has 6 nitrogen and oxygen atoms in total. The Labute approximate surface area is 201 Å². The molecule has 6 saturated carbocycles. The molecule has 6 fully saturated rings. The first-order valence-electron chi connectivity index (χ1n) is 12.2. The Morgan fingerprint density at radius 2 is 1.83 bits per heavy atom. The lowest BCUT2D eigenvalue weighted by molar-refractivity contribution is -0.211. The quantitative estimate of drug-likeness (QED) is 0.455. The fourth-order valence-electron chi connectivity index (χ4n) is 6.98. The molecule has 4 bridgehead atoms. The zero-order valence-electron chi connectivity index (χ0n) is 19.6. The van der Waals surface area contributed by atoms with Gasteiger partial charge in [0.25, 0.3) is 5.89 Å². The first-order chi connectivity index (χ1) is 16.5. The minimum atomic E-state index is -3.17. The third kappa shape index (κ3) is 3.40. The van der Waals surface area contributed by atoms with Crippen LogP contribution in [0.15, 0.2) is 28.8 Å². The number of fused-ring (bicyclic) bond motifs is 3. The molecule has 0 saturated heterocycles. The normalized spacial score (nSPS) is 35.1. The van der Waals surface area contributed by atoms with Gasteiger partial charge < -0.3 is 9.42 Å². The Bertz CT molecular complexity index is 1200. The maximum atomic E-state index is 14.3. The van der Waals surface area contributed by atoms with Crippen molar-refractivity contribution in [3.63, 3.8) is 0 Å². The smallest absolute Gasteiger partial charge is 0.322 e. The first-order valence-corrected chi connectivity index (χ1v) is 12.2. The van der Waals surface area contributed by atoms with Gasteiger partial charge in [-0.25, -0.2) is 9.24 Å². The molecule has 1 aromatic carbocycles. The van der Waals surface area contributed by atoms with E-state index in [9.17, 15) is 18.0 Å². The number of hydrogen-bond acceptors (Lipinski definition) is 4. The number of anilines is 1. The zero-order chi connectivity index (χ0) is 24.7. The number of aromatic nitrogens is 2. The molecule has 0 unspecified atom stereocenters. The summed E-state index contributed by atoms with van der Waals surface area (Å²) in [5, 5.41) is 3.92. The molecule has 0 aliphatic heterocycles. The minimum absolute atomic E-state index is 0.0380. The second kappa shape index (κ2) is 7.08. The summed E-state index contributed by atoms with van der Waals surface area (Å²) in [6, 6.07) is 7.08. The molecular weight excluding hydrogens is 457 g/mol. The molecule has 184 valence electrons. The van der Waals surface area contributed by atoms with E-state index < -0.39 is 22.9 Å². The van der Waals surface area contributed by atoms with Gasteiger partial charge in [-0.15, -0.1) is 0 Å². The largest absolute Gasteiger partial charge is 0.333 e. The molecule has 1 amide bonds. The van der Waals surface area contributed by atoms with E-state index in [2.05, 4.69) is 15.0 Å². The predicted octanol–water partition coefficient (Wildman–Crippen LogP) is 6.25. The Hall–Kier alpha value is -2.89. The van der Waals surface area contributed by atoms with Crippen molar-refractivity contribution in [2.45, 2.75) is 81.7 Å². The summed E-state index contributed by atoms with van der Waals surface area (Å²) in [7, 11) is 0. The fraction of sp³-hybridized carbons (Fsp3) is 0.615. The molecule has 0 N–H and O–H groups in total. The lowest BCUT2D eigenvalue weighted by atomic mass is 9.41. The monoisotopic (exact) mass is 484 g/mol. The lowest BCUT2D eigenvalue weighted by Gasteiger charge is -2.65. The minimum Gasteiger partial charge on any atom is -0.333 e. The van der Waals surface area contributed by atoms with Crippen LogP contribution < -0.4 is 4.90 Å². The lowest BCUT2D eigenvalue weighted by Crippen LogP contribution is -2.71. The molecule has 9 heteroatoms. The second-order valence-electron chi connectivity index (χ2n) is 11.6. The van der Waals surface area contributed by atoms with E-state index in [-0.39, 0.29) is 36.0 Å². The number of carbonyl (C=O) groups excluding carboxylic acids is 1. The van der Waals surface area contributed by atoms with Crippen LogP contribution in [0.2, 0.25) is 0 Å². The van der Waals surface area contributed by atoms with Gasteiger partial charge in [-0.05, 0) is 75.3 Å². The van der Waals surface area contributed by atoms with Crippen LogP contribution in [-0.2, 0) is 16.1 Å². The predicted molar refractivity (Wildman–Crippen MR) is 121 cm³/mol. The molecule has 2 aromatic rings. The maximum Gasteiger partial charge on any atom is 0.322 e. The van der Waals surface area contributed by atoms with Gasteiger partial charge in [0.2, 0.25) is 5.91 Å². The Kier molecular flexibility index (Phi) is 4.57. The highest BCUT2D eigenvalue weighted by atomic mass is 19.3. The van der Waals surface area contributed by atoms with Crippen molar-refractivity contribution in [1.82, 2.24) is 10.1 Å². The van der Waals surface area contributed by atoms with Crippen LogP contribution in [0.4, 0.5) is 24.5 Å². The summed E-state index contributed by atoms with van der Waals surface area (Å²) >= 11 is 0. The third-order valence-electron chi connectivity index (χ3n) is 9.11. The number of rotatable bonds is 6. The number of benzene rings is 1. The number of amides is 1. The summed E-state index contributed by atoms with van der Waals surface area (Å²) < 4.78 is 46.4. The van der Waals surface area contributed by atoms with Gasteiger partial charge in [0.15, 0.2) is 11.5 Å². The second-order valence-corrected chi connectivity index (χ2v) is 11.6. The van der Waals surface area contributed by atoms with Gasteiger partial charge in [0.05, 0.1) is 12.0 Å². The van der Waals surface area contributed by atoms with Crippen LogP contribution in [0.5, 0.6) is 0 Å². The average Bonchev–Trinajstić information content (AvgIpc) is 3.33.